The average Bonchev–Trinajstić information content (AvgIpc) is 2.62. The smallest absolute Gasteiger partial charge is 0.161 e. The topological polar surface area (TPSA) is 17.8 Å². The van der Waals surface area contributed by atoms with E-state index in [9.17, 15) is 8.78 Å². The van der Waals surface area contributed by atoms with E-state index in [2.05, 4.69) is 11.6 Å². The molecule has 0 aliphatic heterocycles. The molecular formula is C12H12F2N2. The Morgan fingerprint density at radius 1 is 1.38 bits per heavy atom. The number of aromatic nitrogens is 2. The van der Waals surface area contributed by atoms with Crippen LogP contribution in [0.3, 0.4) is 0 Å². The molecule has 0 atom stereocenters. The van der Waals surface area contributed by atoms with Crippen LogP contribution in [0, 0.1) is 11.6 Å². The number of hydrogen-bond donors (Lipinski definition) is 0. The van der Waals surface area contributed by atoms with Crippen molar-refractivity contribution in [2.24, 2.45) is 0 Å². The number of halogens is 2. The van der Waals surface area contributed by atoms with Crippen LogP contribution in [0.1, 0.15) is 13.3 Å². The van der Waals surface area contributed by atoms with Gasteiger partial charge in [-0.25, -0.2) is 13.8 Å². The SMILES string of the molecule is C=C(CC)Cn1cnc2cc(F)c(F)cc21. The molecule has 2 rings (SSSR count). The van der Waals surface area contributed by atoms with Crippen molar-refractivity contribution in [3.63, 3.8) is 0 Å². The summed E-state index contributed by atoms with van der Waals surface area (Å²) in [6.07, 6.45) is 2.42. The summed E-state index contributed by atoms with van der Waals surface area (Å²) in [4.78, 5) is 4.02. The van der Waals surface area contributed by atoms with Gasteiger partial charge in [0, 0.05) is 18.7 Å². The lowest BCUT2D eigenvalue weighted by molar-refractivity contribution is 0.510. The van der Waals surface area contributed by atoms with Gasteiger partial charge in [-0.2, -0.15) is 0 Å². The number of hydrogen-bond acceptors (Lipinski definition) is 1. The maximum atomic E-state index is 13.1. The second-order valence-corrected chi connectivity index (χ2v) is 3.73. The van der Waals surface area contributed by atoms with Gasteiger partial charge in [-0.15, -0.1) is 0 Å². The standard InChI is InChI=1S/C12H12F2N2/c1-3-8(2)6-16-7-15-11-4-9(13)10(14)5-12(11)16/h4-5,7H,2-3,6H2,1H3. The Morgan fingerprint density at radius 3 is 2.75 bits per heavy atom. The molecule has 0 aliphatic carbocycles. The molecule has 0 N–H and O–H groups in total. The third-order valence-corrected chi connectivity index (χ3v) is 2.56. The van der Waals surface area contributed by atoms with Gasteiger partial charge in [0.2, 0.25) is 0 Å². The Labute approximate surface area is 92.2 Å². The Kier molecular flexibility index (Phi) is 2.73. The van der Waals surface area contributed by atoms with Gasteiger partial charge in [-0.3, -0.25) is 0 Å². The zero-order valence-electron chi connectivity index (χ0n) is 9.00. The predicted molar refractivity (Wildman–Crippen MR) is 59.1 cm³/mol. The summed E-state index contributed by atoms with van der Waals surface area (Å²) in [7, 11) is 0. The van der Waals surface area contributed by atoms with E-state index in [0.29, 0.717) is 17.6 Å². The Morgan fingerprint density at radius 2 is 2.06 bits per heavy atom. The van der Waals surface area contributed by atoms with E-state index < -0.39 is 11.6 Å². The monoisotopic (exact) mass is 222 g/mol. The van der Waals surface area contributed by atoms with Crippen LogP contribution in [0.15, 0.2) is 30.6 Å². The van der Waals surface area contributed by atoms with Gasteiger partial charge in [0.25, 0.3) is 0 Å². The largest absolute Gasteiger partial charge is 0.326 e. The van der Waals surface area contributed by atoms with Gasteiger partial charge in [-0.05, 0) is 6.42 Å². The van der Waals surface area contributed by atoms with Crippen LogP contribution >= 0.6 is 0 Å². The Bertz CT molecular complexity index is 543. The summed E-state index contributed by atoms with van der Waals surface area (Å²) in [5.41, 5.74) is 2.07. The van der Waals surface area contributed by atoms with Crippen LogP contribution in [0.5, 0.6) is 0 Å². The van der Waals surface area contributed by atoms with E-state index in [1.807, 2.05) is 6.92 Å². The van der Waals surface area contributed by atoms with Crippen LogP contribution in [0.2, 0.25) is 0 Å². The summed E-state index contributed by atoms with van der Waals surface area (Å²) < 4.78 is 27.8. The summed E-state index contributed by atoms with van der Waals surface area (Å²) in [5, 5.41) is 0. The highest BCUT2D eigenvalue weighted by Gasteiger charge is 2.09. The zero-order chi connectivity index (χ0) is 11.7. The minimum Gasteiger partial charge on any atom is -0.326 e. The first-order valence-electron chi connectivity index (χ1n) is 5.08. The summed E-state index contributed by atoms with van der Waals surface area (Å²) in [6.45, 7) is 6.46. The molecule has 0 aliphatic rings. The van der Waals surface area contributed by atoms with Gasteiger partial charge in [0.1, 0.15) is 0 Å². The molecule has 84 valence electrons. The van der Waals surface area contributed by atoms with E-state index in [0.717, 1.165) is 18.1 Å². The molecule has 1 aromatic carbocycles. The second-order valence-electron chi connectivity index (χ2n) is 3.73. The highest BCUT2D eigenvalue weighted by Crippen LogP contribution is 2.18. The third kappa shape index (κ3) is 1.83. The molecule has 0 bridgehead atoms. The molecule has 16 heavy (non-hydrogen) atoms. The molecule has 0 saturated heterocycles. The van der Waals surface area contributed by atoms with Gasteiger partial charge in [-0.1, -0.05) is 19.1 Å². The van der Waals surface area contributed by atoms with Crippen LogP contribution in [-0.4, -0.2) is 9.55 Å². The number of benzene rings is 1. The minimum absolute atomic E-state index is 0.461. The third-order valence-electron chi connectivity index (χ3n) is 2.56. The van der Waals surface area contributed by atoms with Crippen molar-refractivity contribution in [3.8, 4) is 0 Å². The molecular weight excluding hydrogens is 210 g/mol. The van der Waals surface area contributed by atoms with Crippen molar-refractivity contribution in [2.75, 3.05) is 0 Å². The first-order chi connectivity index (χ1) is 7.61. The number of rotatable bonds is 3. The van der Waals surface area contributed by atoms with Crippen molar-refractivity contribution < 1.29 is 8.78 Å². The number of imidazole rings is 1. The molecule has 0 spiro atoms. The first kappa shape index (κ1) is 10.8. The lowest BCUT2D eigenvalue weighted by atomic mass is 10.2. The van der Waals surface area contributed by atoms with Gasteiger partial charge >= 0.3 is 0 Å². The Balaban J connectivity index is 2.48. The fourth-order valence-corrected chi connectivity index (χ4v) is 1.53. The van der Waals surface area contributed by atoms with Crippen LogP contribution in [0.4, 0.5) is 8.78 Å². The normalized spacial score (nSPS) is 10.9. The predicted octanol–water partition coefficient (Wildman–Crippen LogP) is 3.28. The minimum atomic E-state index is -0.868. The van der Waals surface area contributed by atoms with Gasteiger partial charge in [0.05, 0.1) is 17.4 Å². The van der Waals surface area contributed by atoms with Crippen molar-refractivity contribution in [2.45, 2.75) is 19.9 Å². The Hall–Kier alpha value is -1.71. The maximum Gasteiger partial charge on any atom is 0.161 e. The van der Waals surface area contributed by atoms with E-state index in [1.165, 1.54) is 6.07 Å². The molecule has 0 amide bonds. The first-order valence-corrected chi connectivity index (χ1v) is 5.08. The second kappa shape index (κ2) is 4.04. The van der Waals surface area contributed by atoms with Crippen LogP contribution in [0.25, 0.3) is 11.0 Å². The summed E-state index contributed by atoms with van der Waals surface area (Å²) in [6, 6.07) is 2.27. The average molecular weight is 222 g/mol. The van der Waals surface area contributed by atoms with E-state index >= 15 is 0 Å². The van der Waals surface area contributed by atoms with Gasteiger partial charge < -0.3 is 4.57 Å². The van der Waals surface area contributed by atoms with E-state index in [1.54, 1.807) is 10.9 Å². The lowest BCUT2D eigenvalue weighted by Gasteiger charge is -2.05. The highest BCUT2D eigenvalue weighted by atomic mass is 19.2. The van der Waals surface area contributed by atoms with E-state index in [-0.39, 0.29) is 0 Å². The molecule has 2 aromatic rings. The van der Waals surface area contributed by atoms with Crippen LogP contribution in [-0.2, 0) is 6.54 Å². The fourth-order valence-electron chi connectivity index (χ4n) is 1.53. The molecule has 2 nitrogen and oxygen atoms in total. The van der Waals surface area contributed by atoms with Crippen LogP contribution < -0.4 is 0 Å². The van der Waals surface area contributed by atoms with Crippen molar-refractivity contribution in [3.05, 3.63) is 42.2 Å². The zero-order valence-corrected chi connectivity index (χ0v) is 9.00. The molecule has 4 heteroatoms. The summed E-state index contributed by atoms with van der Waals surface area (Å²) in [5.74, 6) is -1.72. The maximum absolute atomic E-state index is 13.1. The molecule has 0 fully saturated rings. The molecule has 1 aromatic heterocycles. The number of allylic oxidation sites excluding steroid dienone is 1. The van der Waals surface area contributed by atoms with Gasteiger partial charge in [0.15, 0.2) is 11.6 Å². The van der Waals surface area contributed by atoms with E-state index in [4.69, 9.17) is 0 Å². The summed E-state index contributed by atoms with van der Waals surface area (Å²) >= 11 is 0. The van der Waals surface area contributed by atoms with Crippen molar-refractivity contribution in [1.29, 1.82) is 0 Å². The quantitative estimate of drug-likeness (QED) is 0.729. The van der Waals surface area contributed by atoms with Crippen molar-refractivity contribution in [1.82, 2.24) is 9.55 Å². The molecule has 1 heterocycles. The number of fused-ring (bicyclic) bond motifs is 1. The fraction of sp³-hybridized carbons (Fsp3) is 0.250. The van der Waals surface area contributed by atoms with Crippen molar-refractivity contribution >= 4 is 11.0 Å². The lowest BCUT2D eigenvalue weighted by Crippen LogP contribution is -1.98. The molecule has 0 unspecified atom stereocenters. The number of nitrogens with zero attached hydrogens (tertiary/aromatic N) is 2. The molecule has 0 radical (unpaired) electrons. The highest BCUT2D eigenvalue weighted by molar-refractivity contribution is 5.75. The molecule has 0 saturated carbocycles.